The van der Waals surface area contributed by atoms with Crippen molar-refractivity contribution >= 4 is 11.8 Å². The summed E-state index contributed by atoms with van der Waals surface area (Å²) < 4.78 is 10.6. The van der Waals surface area contributed by atoms with Crippen molar-refractivity contribution in [2.45, 2.75) is 18.9 Å². The molecule has 0 aliphatic heterocycles. The van der Waals surface area contributed by atoms with Crippen LogP contribution >= 0.6 is 0 Å². The standard InChI is InChI=1S/C12H12O5/c1-16-10-6-7(11(13)12(14)15)2-5-9(10)17-8-3-4-8/h2,5-6,8H,3-4H2,1H3,(H,14,15). The van der Waals surface area contributed by atoms with Crippen molar-refractivity contribution in [2.75, 3.05) is 7.11 Å². The van der Waals surface area contributed by atoms with Gasteiger partial charge in [0.25, 0.3) is 5.78 Å². The lowest BCUT2D eigenvalue weighted by atomic mass is 10.1. The number of hydrogen-bond acceptors (Lipinski definition) is 4. The Morgan fingerprint density at radius 1 is 1.29 bits per heavy atom. The number of rotatable bonds is 5. The van der Waals surface area contributed by atoms with Crippen LogP contribution in [0.3, 0.4) is 0 Å². The molecule has 1 fully saturated rings. The molecule has 1 aliphatic rings. The van der Waals surface area contributed by atoms with E-state index in [4.69, 9.17) is 14.6 Å². The molecule has 0 heterocycles. The van der Waals surface area contributed by atoms with Crippen molar-refractivity contribution in [3.8, 4) is 11.5 Å². The van der Waals surface area contributed by atoms with Crippen molar-refractivity contribution in [1.29, 1.82) is 0 Å². The SMILES string of the molecule is COc1cc(C(=O)C(=O)O)ccc1OC1CC1. The molecule has 0 aromatic heterocycles. The average molecular weight is 236 g/mol. The van der Waals surface area contributed by atoms with E-state index >= 15 is 0 Å². The number of aliphatic carboxylic acids is 1. The van der Waals surface area contributed by atoms with Gasteiger partial charge >= 0.3 is 5.97 Å². The Bertz CT molecular complexity index is 462. The molecular weight excluding hydrogens is 224 g/mol. The minimum atomic E-state index is -1.48. The smallest absolute Gasteiger partial charge is 0.377 e. The summed E-state index contributed by atoms with van der Waals surface area (Å²) in [6.07, 6.45) is 2.24. The van der Waals surface area contributed by atoms with Crippen LogP contribution < -0.4 is 9.47 Å². The fourth-order valence-electron chi connectivity index (χ4n) is 1.40. The summed E-state index contributed by atoms with van der Waals surface area (Å²) in [5.41, 5.74) is 0.0810. The molecule has 1 aliphatic carbocycles. The monoisotopic (exact) mass is 236 g/mol. The third kappa shape index (κ3) is 2.55. The van der Waals surface area contributed by atoms with E-state index in [9.17, 15) is 9.59 Å². The number of benzene rings is 1. The minimum Gasteiger partial charge on any atom is -0.493 e. The van der Waals surface area contributed by atoms with Gasteiger partial charge in [0.15, 0.2) is 11.5 Å². The fourth-order valence-corrected chi connectivity index (χ4v) is 1.40. The highest BCUT2D eigenvalue weighted by molar-refractivity contribution is 6.39. The highest BCUT2D eigenvalue weighted by Gasteiger charge is 2.25. The molecule has 0 spiro atoms. The largest absolute Gasteiger partial charge is 0.493 e. The molecule has 0 radical (unpaired) electrons. The van der Waals surface area contributed by atoms with Gasteiger partial charge in [0.1, 0.15) is 0 Å². The van der Waals surface area contributed by atoms with Crippen molar-refractivity contribution in [3.05, 3.63) is 23.8 Å². The maximum absolute atomic E-state index is 11.3. The first-order valence-electron chi connectivity index (χ1n) is 5.24. The highest BCUT2D eigenvalue weighted by Crippen LogP contribution is 2.34. The quantitative estimate of drug-likeness (QED) is 0.619. The predicted octanol–water partition coefficient (Wildman–Crippen LogP) is 1.50. The van der Waals surface area contributed by atoms with Crippen LogP contribution in [0.15, 0.2) is 18.2 Å². The van der Waals surface area contributed by atoms with Gasteiger partial charge < -0.3 is 14.6 Å². The summed E-state index contributed by atoms with van der Waals surface area (Å²) in [5.74, 6) is -1.52. The second-order valence-electron chi connectivity index (χ2n) is 3.82. The first kappa shape index (κ1) is 11.4. The number of methoxy groups -OCH3 is 1. The minimum absolute atomic E-state index is 0.0810. The van der Waals surface area contributed by atoms with E-state index in [0.717, 1.165) is 12.8 Å². The maximum Gasteiger partial charge on any atom is 0.377 e. The number of ketones is 1. The molecule has 0 bridgehead atoms. The molecule has 1 saturated carbocycles. The third-order valence-corrected chi connectivity index (χ3v) is 2.44. The van der Waals surface area contributed by atoms with Crippen molar-refractivity contribution in [1.82, 2.24) is 0 Å². The normalized spacial score (nSPS) is 14.2. The lowest BCUT2D eigenvalue weighted by molar-refractivity contribution is -0.131. The Hall–Kier alpha value is -2.04. The van der Waals surface area contributed by atoms with E-state index in [-0.39, 0.29) is 11.7 Å². The first-order chi connectivity index (χ1) is 8.11. The maximum atomic E-state index is 11.3. The van der Waals surface area contributed by atoms with Gasteiger partial charge in [-0.2, -0.15) is 0 Å². The summed E-state index contributed by atoms with van der Waals surface area (Å²) in [6, 6.07) is 4.37. The van der Waals surface area contributed by atoms with Gasteiger partial charge in [0.2, 0.25) is 0 Å². The number of ether oxygens (including phenoxy) is 2. The van der Waals surface area contributed by atoms with E-state index in [1.54, 1.807) is 6.07 Å². The second-order valence-corrected chi connectivity index (χ2v) is 3.82. The number of carbonyl (C=O) groups excluding carboxylic acids is 1. The second kappa shape index (κ2) is 4.45. The molecule has 0 atom stereocenters. The topological polar surface area (TPSA) is 72.8 Å². The van der Waals surface area contributed by atoms with Crippen molar-refractivity contribution in [2.24, 2.45) is 0 Å². The number of Topliss-reactive ketones (excluding diaryl/α,β-unsaturated/α-hetero) is 1. The lowest BCUT2D eigenvalue weighted by Crippen LogP contribution is -2.12. The van der Waals surface area contributed by atoms with Crippen LogP contribution in [0.5, 0.6) is 11.5 Å². The molecule has 90 valence electrons. The summed E-state index contributed by atoms with van der Waals surface area (Å²) in [5, 5.41) is 8.60. The number of carboxylic acids is 1. The molecule has 1 aromatic carbocycles. The van der Waals surface area contributed by atoms with Crippen LogP contribution in [0, 0.1) is 0 Å². The van der Waals surface area contributed by atoms with Gasteiger partial charge in [-0.15, -0.1) is 0 Å². The Labute approximate surface area is 98.0 Å². The van der Waals surface area contributed by atoms with Crippen LogP contribution in [-0.4, -0.2) is 30.1 Å². The molecule has 0 amide bonds. The Morgan fingerprint density at radius 3 is 2.53 bits per heavy atom. The van der Waals surface area contributed by atoms with Gasteiger partial charge in [-0.25, -0.2) is 4.79 Å². The van der Waals surface area contributed by atoms with Gasteiger partial charge in [-0.05, 0) is 31.0 Å². The zero-order valence-corrected chi connectivity index (χ0v) is 9.30. The summed E-state index contributed by atoms with van der Waals surface area (Å²) in [4.78, 5) is 21.8. The summed E-state index contributed by atoms with van der Waals surface area (Å²) in [7, 11) is 1.45. The van der Waals surface area contributed by atoms with E-state index in [0.29, 0.717) is 11.5 Å². The molecule has 0 unspecified atom stereocenters. The van der Waals surface area contributed by atoms with Gasteiger partial charge in [-0.3, -0.25) is 4.79 Å². The predicted molar refractivity (Wildman–Crippen MR) is 58.6 cm³/mol. The van der Waals surface area contributed by atoms with Crippen LogP contribution in [-0.2, 0) is 4.79 Å². The van der Waals surface area contributed by atoms with E-state index in [1.807, 2.05) is 0 Å². The van der Waals surface area contributed by atoms with E-state index in [1.165, 1.54) is 19.2 Å². The summed E-state index contributed by atoms with van der Waals surface area (Å²) >= 11 is 0. The Kier molecular flexibility index (Phi) is 2.99. The number of hydrogen-bond donors (Lipinski definition) is 1. The third-order valence-electron chi connectivity index (χ3n) is 2.44. The van der Waals surface area contributed by atoms with Gasteiger partial charge in [0, 0.05) is 5.56 Å². The van der Waals surface area contributed by atoms with Crippen molar-refractivity contribution < 1.29 is 24.2 Å². The number of carbonyl (C=O) groups is 2. The lowest BCUT2D eigenvalue weighted by Gasteiger charge is -2.10. The van der Waals surface area contributed by atoms with Gasteiger partial charge in [0.05, 0.1) is 13.2 Å². The Morgan fingerprint density at radius 2 is 2.00 bits per heavy atom. The van der Waals surface area contributed by atoms with Crippen LogP contribution in [0.2, 0.25) is 0 Å². The zero-order valence-electron chi connectivity index (χ0n) is 9.30. The summed E-state index contributed by atoms with van der Waals surface area (Å²) in [6.45, 7) is 0. The molecule has 17 heavy (non-hydrogen) atoms. The van der Waals surface area contributed by atoms with Crippen LogP contribution in [0.1, 0.15) is 23.2 Å². The zero-order chi connectivity index (χ0) is 12.4. The van der Waals surface area contributed by atoms with Crippen LogP contribution in [0.4, 0.5) is 0 Å². The first-order valence-corrected chi connectivity index (χ1v) is 5.24. The highest BCUT2D eigenvalue weighted by atomic mass is 16.5. The van der Waals surface area contributed by atoms with Gasteiger partial charge in [-0.1, -0.05) is 0 Å². The molecule has 1 aromatic rings. The Balaban J connectivity index is 2.26. The molecular formula is C12H12O5. The van der Waals surface area contributed by atoms with E-state index < -0.39 is 11.8 Å². The molecule has 0 saturated heterocycles. The molecule has 2 rings (SSSR count). The average Bonchev–Trinajstić information content (AvgIpc) is 3.12. The van der Waals surface area contributed by atoms with Crippen molar-refractivity contribution in [3.63, 3.8) is 0 Å². The van der Waals surface area contributed by atoms with Crippen LogP contribution in [0.25, 0.3) is 0 Å². The molecule has 5 nitrogen and oxygen atoms in total. The number of carboxylic acid groups (broad SMARTS) is 1. The van der Waals surface area contributed by atoms with E-state index in [2.05, 4.69) is 0 Å². The fraction of sp³-hybridized carbons (Fsp3) is 0.333. The molecule has 1 N–H and O–H groups in total. The molecule has 5 heteroatoms.